The van der Waals surface area contributed by atoms with Gasteiger partial charge in [-0.05, 0) is 24.1 Å². The fourth-order valence-corrected chi connectivity index (χ4v) is 1.70. The topological polar surface area (TPSA) is 108 Å². The van der Waals surface area contributed by atoms with Gasteiger partial charge in [0.25, 0.3) is 0 Å². The van der Waals surface area contributed by atoms with Gasteiger partial charge < -0.3 is 20.5 Å². The van der Waals surface area contributed by atoms with Crippen LogP contribution in [0.5, 0.6) is 0 Å². The van der Waals surface area contributed by atoms with Gasteiger partial charge in [-0.1, -0.05) is 13.8 Å². The van der Waals surface area contributed by atoms with E-state index in [1.165, 1.54) is 32.4 Å². The molecule has 128 valence electrons. The molecule has 7 nitrogen and oxygen atoms in total. The summed E-state index contributed by atoms with van der Waals surface area (Å²) in [5, 5.41) is 2.58. The molecular formula is C15H21ClN2O5. The summed E-state index contributed by atoms with van der Waals surface area (Å²) in [5.41, 5.74) is 6.28. The van der Waals surface area contributed by atoms with Crippen LogP contribution < -0.4 is 11.1 Å². The lowest BCUT2D eigenvalue weighted by Gasteiger charge is -2.16. The Bertz CT molecular complexity index is 555. The van der Waals surface area contributed by atoms with Crippen molar-refractivity contribution >= 4 is 35.9 Å². The van der Waals surface area contributed by atoms with Crippen molar-refractivity contribution in [2.24, 2.45) is 11.7 Å². The molecule has 0 aromatic heterocycles. The van der Waals surface area contributed by atoms with E-state index < -0.39 is 23.9 Å². The van der Waals surface area contributed by atoms with Gasteiger partial charge in [-0.15, -0.1) is 12.4 Å². The van der Waals surface area contributed by atoms with Crippen LogP contribution in [0.15, 0.2) is 18.2 Å². The van der Waals surface area contributed by atoms with Gasteiger partial charge in [0.05, 0.1) is 31.4 Å². The number of amides is 1. The zero-order valence-electron chi connectivity index (χ0n) is 13.4. The highest BCUT2D eigenvalue weighted by Crippen LogP contribution is 2.17. The number of ether oxygens (including phenoxy) is 2. The number of halogens is 1. The van der Waals surface area contributed by atoms with Crippen molar-refractivity contribution in [1.82, 2.24) is 0 Å². The molecule has 1 aromatic carbocycles. The molecule has 8 heteroatoms. The number of hydrogen-bond donors (Lipinski definition) is 2. The lowest BCUT2D eigenvalue weighted by atomic mass is 10.0. The lowest BCUT2D eigenvalue weighted by molar-refractivity contribution is -0.118. The summed E-state index contributed by atoms with van der Waals surface area (Å²) in [4.78, 5) is 35.3. The van der Waals surface area contributed by atoms with Crippen molar-refractivity contribution in [2.45, 2.75) is 19.9 Å². The number of nitrogens with two attached hydrogens (primary N) is 1. The van der Waals surface area contributed by atoms with Crippen molar-refractivity contribution in [3.63, 3.8) is 0 Å². The van der Waals surface area contributed by atoms with Gasteiger partial charge in [-0.25, -0.2) is 9.59 Å². The van der Waals surface area contributed by atoms with E-state index in [1.54, 1.807) is 0 Å². The Morgan fingerprint density at radius 2 is 1.43 bits per heavy atom. The van der Waals surface area contributed by atoms with E-state index in [-0.39, 0.29) is 35.1 Å². The van der Waals surface area contributed by atoms with Crippen molar-refractivity contribution < 1.29 is 23.9 Å². The number of benzene rings is 1. The third kappa shape index (κ3) is 5.54. The molecule has 0 fully saturated rings. The lowest BCUT2D eigenvalue weighted by Crippen LogP contribution is -2.39. The Kier molecular flexibility index (Phi) is 8.28. The molecule has 1 aromatic rings. The largest absolute Gasteiger partial charge is 0.465 e. The van der Waals surface area contributed by atoms with E-state index in [0.29, 0.717) is 0 Å². The maximum Gasteiger partial charge on any atom is 0.337 e. The van der Waals surface area contributed by atoms with Crippen LogP contribution in [0.4, 0.5) is 5.69 Å². The fraction of sp³-hybridized carbons (Fsp3) is 0.400. The summed E-state index contributed by atoms with van der Waals surface area (Å²) in [6.07, 6.45) is 0. The summed E-state index contributed by atoms with van der Waals surface area (Å²) in [6, 6.07) is 3.44. The first-order valence-corrected chi connectivity index (χ1v) is 6.68. The Labute approximate surface area is 140 Å². The van der Waals surface area contributed by atoms with Crippen LogP contribution in [-0.2, 0) is 14.3 Å². The number of carbonyl (C=O) groups excluding carboxylic acids is 3. The Hall–Kier alpha value is -2.12. The van der Waals surface area contributed by atoms with Gasteiger partial charge in [-0.3, -0.25) is 4.79 Å². The minimum absolute atomic E-state index is 0. The quantitative estimate of drug-likeness (QED) is 0.785. The Balaban J connectivity index is 0.00000484. The molecule has 23 heavy (non-hydrogen) atoms. The Morgan fingerprint density at radius 3 is 1.78 bits per heavy atom. The SMILES string of the molecule is COC(=O)c1cc(NC(=O)C(N)C(C)C)cc(C(=O)OC)c1.Cl. The average molecular weight is 345 g/mol. The number of nitrogens with one attached hydrogen (secondary N) is 1. The summed E-state index contributed by atoms with van der Waals surface area (Å²) in [6.45, 7) is 3.63. The fourth-order valence-electron chi connectivity index (χ4n) is 1.70. The molecule has 0 heterocycles. The molecular weight excluding hydrogens is 324 g/mol. The smallest absolute Gasteiger partial charge is 0.337 e. The molecule has 0 spiro atoms. The van der Waals surface area contributed by atoms with Crippen LogP contribution in [-0.4, -0.2) is 38.1 Å². The summed E-state index contributed by atoms with van der Waals surface area (Å²) in [5.74, 6) is -1.72. The van der Waals surface area contributed by atoms with Gasteiger partial charge >= 0.3 is 11.9 Å². The second-order valence-corrected chi connectivity index (χ2v) is 5.04. The van der Waals surface area contributed by atoms with Crippen LogP contribution in [0.3, 0.4) is 0 Å². The maximum absolute atomic E-state index is 12.0. The van der Waals surface area contributed by atoms with E-state index in [9.17, 15) is 14.4 Å². The first-order valence-electron chi connectivity index (χ1n) is 6.68. The van der Waals surface area contributed by atoms with E-state index >= 15 is 0 Å². The number of rotatable bonds is 5. The van der Waals surface area contributed by atoms with Crippen LogP contribution >= 0.6 is 12.4 Å². The standard InChI is InChI=1S/C15H20N2O5.ClH/c1-8(2)12(16)13(18)17-11-6-9(14(19)21-3)5-10(7-11)15(20)22-4;/h5-8,12H,16H2,1-4H3,(H,17,18);1H. The molecule has 0 saturated heterocycles. The molecule has 1 atom stereocenters. The molecule has 0 radical (unpaired) electrons. The molecule has 1 rings (SSSR count). The summed E-state index contributed by atoms with van der Waals surface area (Å²) >= 11 is 0. The predicted octanol–water partition coefficient (Wildman–Crippen LogP) is 1.60. The summed E-state index contributed by atoms with van der Waals surface area (Å²) < 4.78 is 9.24. The summed E-state index contributed by atoms with van der Waals surface area (Å²) in [7, 11) is 2.44. The number of anilines is 1. The second-order valence-electron chi connectivity index (χ2n) is 5.04. The highest BCUT2D eigenvalue weighted by atomic mass is 35.5. The molecule has 3 N–H and O–H groups in total. The number of esters is 2. The highest BCUT2D eigenvalue weighted by Gasteiger charge is 2.19. The predicted molar refractivity (Wildman–Crippen MR) is 87.8 cm³/mol. The van der Waals surface area contributed by atoms with Crippen LogP contribution in [0.1, 0.15) is 34.6 Å². The van der Waals surface area contributed by atoms with E-state index in [0.717, 1.165) is 0 Å². The minimum Gasteiger partial charge on any atom is -0.465 e. The van der Waals surface area contributed by atoms with E-state index in [4.69, 9.17) is 5.73 Å². The molecule has 0 aliphatic heterocycles. The van der Waals surface area contributed by atoms with Gasteiger partial charge in [-0.2, -0.15) is 0 Å². The normalized spacial score (nSPS) is 11.2. The first-order chi connectivity index (χ1) is 10.3. The van der Waals surface area contributed by atoms with E-state index in [2.05, 4.69) is 14.8 Å². The average Bonchev–Trinajstić information content (AvgIpc) is 2.51. The number of methoxy groups -OCH3 is 2. The maximum atomic E-state index is 12.0. The van der Waals surface area contributed by atoms with Crippen LogP contribution in [0, 0.1) is 5.92 Å². The van der Waals surface area contributed by atoms with Crippen molar-refractivity contribution in [3.05, 3.63) is 29.3 Å². The highest BCUT2D eigenvalue weighted by molar-refractivity contribution is 6.00. The van der Waals surface area contributed by atoms with Gasteiger partial charge in [0.1, 0.15) is 0 Å². The molecule has 0 bridgehead atoms. The van der Waals surface area contributed by atoms with Crippen molar-refractivity contribution in [3.8, 4) is 0 Å². The second kappa shape index (κ2) is 9.12. The van der Waals surface area contributed by atoms with Gasteiger partial charge in [0, 0.05) is 5.69 Å². The number of carbonyl (C=O) groups is 3. The third-order valence-corrected chi connectivity index (χ3v) is 3.06. The molecule has 0 aliphatic rings. The van der Waals surface area contributed by atoms with Crippen molar-refractivity contribution in [2.75, 3.05) is 19.5 Å². The monoisotopic (exact) mass is 344 g/mol. The zero-order valence-corrected chi connectivity index (χ0v) is 14.2. The van der Waals surface area contributed by atoms with Crippen LogP contribution in [0.25, 0.3) is 0 Å². The zero-order chi connectivity index (χ0) is 16.9. The van der Waals surface area contributed by atoms with Gasteiger partial charge in [0.2, 0.25) is 5.91 Å². The molecule has 0 saturated carbocycles. The minimum atomic E-state index is -0.705. The molecule has 1 amide bonds. The van der Waals surface area contributed by atoms with Gasteiger partial charge in [0.15, 0.2) is 0 Å². The number of hydrogen-bond acceptors (Lipinski definition) is 6. The van der Waals surface area contributed by atoms with E-state index in [1.807, 2.05) is 13.8 Å². The van der Waals surface area contributed by atoms with Crippen LogP contribution in [0.2, 0.25) is 0 Å². The van der Waals surface area contributed by atoms with Crippen molar-refractivity contribution in [1.29, 1.82) is 0 Å². The first kappa shape index (κ1) is 20.9. The third-order valence-electron chi connectivity index (χ3n) is 3.06. The molecule has 1 unspecified atom stereocenters. The molecule has 0 aliphatic carbocycles. The Morgan fingerprint density at radius 1 is 1.00 bits per heavy atom.